The van der Waals surface area contributed by atoms with Gasteiger partial charge in [0.2, 0.25) is 0 Å². The minimum absolute atomic E-state index is 0. The largest absolute Gasteiger partial charge is 0.445 e. The summed E-state index contributed by atoms with van der Waals surface area (Å²) in [5.74, 6) is 0.475. The van der Waals surface area contributed by atoms with Gasteiger partial charge < -0.3 is 15.4 Å². The maximum Gasteiger partial charge on any atom is 0.410 e. The van der Waals surface area contributed by atoms with Gasteiger partial charge in [0.05, 0.1) is 0 Å². The summed E-state index contributed by atoms with van der Waals surface area (Å²) in [4.78, 5) is 13.6. The number of rotatable bonds is 2. The third-order valence-electron chi connectivity index (χ3n) is 3.48. The van der Waals surface area contributed by atoms with Crippen LogP contribution in [0.5, 0.6) is 0 Å². The van der Waals surface area contributed by atoms with E-state index in [0.717, 1.165) is 18.5 Å². The van der Waals surface area contributed by atoms with E-state index in [1.54, 1.807) is 4.90 Å². The summed E-state index contributed by atoms with van der Waals surface area (Å²) in [6.07, 6.45) is 0.683. The second kappa shape index (κ2) is 7.36. The van der Waals surface area contributed by atoms with E-state index in [-0.39, 0.29) is 24.5 Å². The molecular formula is C14H21ClN2O2. The zero-order valence-electron chi connectivity index (χ0n) is 11.1. The third-order valence-corrected chi connectivity index (χ3v) is 3.48. The fraction of sp³-hybridized carbons (Fsp3) is 0.500. The monoisotopic (exact) mass is 284 g/mol. The average molecular weight is 285 g/mol. The number of ether oxygens (including phenoxy) is 1. The molecular weight excluding hydrogens is 264 g/mol. The first-order chi connectivity index (χ1) is 8.66. The van der Waals surface area contributed by atoms with Crippen molar-refractivity contribution in [1.29, 1.82) is 0 Å². The Morgan fingerprint density at radius 1 is 1.42 bits per heavy atom. The van der Waals surface area contributed by atoms with Gasteiger partial charge in [0.25, 0.3) is 0 Å². The molecule has 0 bridgehead atoms. The first-order valence-corrected chi connectivity index (χ1v) is 6.38. The summed E-state index contributed by atoms with van der Waals surface area (Å²) in [5.41, 5.74) is 6.96. The van der Waals surface area contributed by atoms with E-state index in [0.29, 0.717) is 19.1 Å². The molecule has 2 N–H and O–H groups in total. The van der Waals surface area contributed by atoms with Crippen LogP contribution in [0.1, 0.15) is 18.9 Å². The third kappa shape index (κ3) is 4.40. The van der Waals surface area contributed by atoms with E-state index in [2.05, 4.69) is 6.92 Å². The highest BCUT2D eigenvalue weighted by molar-refractivity contribution is 5.85. The van der Waals surface area contributed by atoms with Gasteiger partial charge in [-0.25, -0.2) is 4.79 Å². The highest BCUT2D eigenvalue weighted by Gasteiger charge is 2.27. The molecule has 106 valence electrons. The predicted octanol–water partition coefficient (Wildman–Crippen LogP) is 2.41. The zero-order valence-corrected chi connectivity index (χ0v) is 11.9. The molecule has 1 saturated heterocycles. The van der Waals surface area contributed by atoms with Crippen LogP contribution in [0.3, 0.4) is 0 Å². The number of benzene rings is 1. The first-order valence-electron chi connectivity index (χ1n) is 6.38. The predicted molar refractivity (Wildman–Crippen MR) is 77.2 cm³/mol. The number of nitrogens with two attached hydrogens (primary N) is 1. The molecule has 0 spiro atoms. The zero-order chi connectivity index (χ0) is 13.0. The summed E-state index contributed by atoms with van der Waals surface area (Å²) in [6.45, 7) is 3.77. The summed E-state index contributed by atoms with van der Waals surface area (Å²) in [7, 11) is 0. The molecule has 0 aliphatic carbocycles. The summed E-state index contributed by atoms with van der Waals surface area (Å²) >= 11 is 0. The van der Waals surface area contributed by atoms with Crippen LogP contribution in [0.4, 0.5) is 4.79 Å². The minimum atomic E-state index is -0.263. The van der Waals surface area contributed by atoms with Crippen molar-refractivity contribution in [3.8, 4) is 0 Å². The summed E-state index contributed by atoms with van der Waals surface area (Å²) < 4.78 is 5.28. The highest BCUT2D eigenvalue weighted by Crippen LogP contribution is 2.16. The molecule has 0 radical (unpaired) electrons. The van der Waals surface area contributed by atoms with Crippen molar-refractivity contribution in [2.45, 2.75) is 26.0 Å². The van der Waals surface area contributed by atoms with Gasteiger partial charge in [0.1, 0.15) is 6.61 Å². The number of likely N-dealkylation sites (tertiary alicyclic amines) is 1. The lowest BCUT2D eigenvalue weighted by atomic mass is 9.95. The summed E-state index contributed by atoms with van der Waals surface area (Å²) in [5, 5.41) is 0. The van der Waals surface area contributed by atoms with Crippen LogP contribution in [0.2, 0.25) is 0 Å². The van der Waals surface area contributed by atoms with Gasteiger partial charge >= 0.3 is 6.09 Å². The Balaban J connectivity index is 0.00000180. The normalized spacial score (nSPS) is 22.5. The van der Waals surface area contributed by atoms with Gasteiger partial charge in [-0.15, -0.1) is 12.4 Å². The maximum atomic E-state index is 11.9. The van der Waals surface area contributed by atoms with Crippen LogP contribution in [0, 0.1) is 5.92 Å². The Kier molecular flexibility index (Phi) is 6.12. The molecule has 1 aromatic rings. The van der Waals surface area contributed by atoms with Gasteiger partial charge in [0, 0.05) is 19.1 Å². The molecule has 2 atom stereocenters. The van der Waals surface area contributed by atoms with E-state index in [9.17, 15) is 4.79 Å². The van der Waals surface area contributed by atoms with Crippen molar-refractivity contribution in [1.82, 2.24) is 4.90 Å². The lowest BCUT2D eigenvalue weighted by Crippen LogP contribution is -2.49. The van der Waals surface area contributed by atoms with Gasteiger partial charge in [0.15, 0.2) is 0 Å². The van der Waals surface area contributed by atoms with Gasteiger partial charge in [-0.1, -0.05) is 37.3 Å². The Morgan fingerprint density at radius 2 is 2.11 bits per heavy atom. The summed E-state index contributed by atoms with van der Waals surface area (Å²) in [6, 6.07) is 9.75. The van der Waals surface area contributed by atoms with Crippen LogP contribution in [-0.4, -0.2) is 30.1 Å². The molecule has 2 rings (SSSR count). The van der Waals surface area contributed by atoms with E-state index in [4.69, 9.17) is 10.5 Å². The second-order valence-electron chi connectivity index (χ2n) is 4.92. The topological polar surface area (TPSA) is 55.6 Å². The van der Waals surface area contributed by atoms with Crippen molar-refractivity contribution in [3.05, 3.63) is 35.9 Å². The first kappa shape index (κ1) is 15.8. The number of hydrogen-bond acceptors (Lipinski definition) is 3. The standard InChI is InChI=1S/C14H20N2O2.ClH/c1-11-7-8-16(9-13(11)15)14(17)18-10-12-5-3-2-4-6-12;/h2-6,11,13H,7-10,15H2,1H3;1H/t11-,13+;/m0./s1. The van der Waals surface area contributed by atoms with Gasteiger partial charge in [-0.05, 0) is 17.9 Å². The molecule has 1 aliphatic heterocycles. The Hall–Kier alpha value is -1.26. The number of hydrogen-bond donors (Lipinski definition) is 1. The number of halogens is 1. The fourth-order valence-electron chi connectivity index (χ4n) is 2.08. The quantitative estimate of drug-likeness (QED) is 0.907. The molecule has 0 unspecified atom stereocenters. The van der Waals surface area contributed by atoms with E-state index in [1.165, 1.54) is 0 Å². The van der Waals surface area contributed by atoms with Gasteiger partial charge in [-0.2, -0.15) is 0 Å². The Labute approximate surface area is 120 Å². The lowest BCUT2D eigenvalue weighted by molar-refractivity contribution is 0.0787. The van der Waals surface area contributed by atoms with Crippen LogP contribution >= 0.6 is 12.4 Å². The molecule has 1 aliphatic rings. The fourth-order valence-corrected chi connectivity index (χ4v) is 2.08. The Bertz CT molecular complexity index is 400. The SMILES string of the molecule is C[C@H]1CCN(C(=O)OCc2ccccc2)C[C@H]1N.Cl. The highest BCUT2D eigenvalue weighted by atomic mass is 35.5. The van der Waals surface area contributed by atoms with Crippen LogP contribution in [-0.2, 0) is 11.3 Å². The molecule has 0 aromatic heterocycles. The van der Waals surface area contributed by atoms with Gasteiger partial charge in [-0.3, -0.25) is 0 Å². The van der Waals surface area contributed by atoms with E-state index < -0.39 is 0 Å². The smallest absolute Gasteiger partial charge is 0.410 e. The number of carbonyl (C=O) groups is 1. The van der Waals surface area contributed by atoms with Crippen molar-refractivity contribution in [3.63, 3.8) is 0 Å². The van der Waals surface area contributed by atoms with Crippen molar-refractivity contribution >= 4 is 18.5 Å². The van der Waals surface area contributed by atoms with Crippen LogP contribution in [0.25, 0.3) is 0 Å². The molecule has 1 heterocycles. The number of nitrogens with zero attached hydrogens (tertiary/aromatic N) is 1. The average Bonchev–Trinajstić information content (AvgIpc) is 2.40. The van der Waals surface area contributed by atoms with E-state index in [1.807, 2.05) is 30.3 Å². The van der Waals surface area contributed by atoms with Crippen LogP contribution in [0.15, 0.2) is 30.3 Å². The molecule has 0 saturated carbocycles. The number of carbonyl (C=O) groups excluding carboxylic acids is 1. The molecule has 1 fully saturated rings. The van der Waals surface area contributed by atoms with Crippen molar-refractivity contribution < 1.29 is 9.53 Å². The van der Waals surface area contributed by atoms with Crippen molar-refractivity contribution in [2.24, 2.45) is 11.7 Å². The lowest BCUT2D eigenvalue weighted by Gasteiger charge is -2.34. The van der Waals surface area contributed by atoms with E-state index >= 15 is 0 Å². The number of amides is 1. The van der Waals surface area contributed by atoms with Crippen LogP contribution < -0.4 is 5.73 Å². The molecule has 5 heteroatoms. The minimum Gasteiger partial charge on any atom is -0.445 e. The molecule has 19 heavy (non-hydrogen) atoms. The molecule has 1 aromatic carbocycles. The maximum absolute atomic E-state index is 11.9. The second-order valence-corrected chi connectivity index (χ2v) is 4.92. The molecule has 4 nitrogen and oxygen atoms in total. The van der Waals surface area contributed by atoms with Crippen molar-refractivity contribution in [2.75, 3.05) is 13.1 Å². The number of piperidine rings is 1. The molecule has 1 amide bonds. The Morgan fingerprint density at radius 3 is 2.74 bits per heavy atom.